The van der Waals surface area contributed by atoms with Crippen molar-refractivity contribution in [3.63, 3.8) is 0 Å². The van der Waals surface area contributed by atoms with Gasteiger partial charge in [0.05, 0.1) is 0 Å². The Balaban J connectivity index is 0.000000118. The third-order valence-corrected chi connectivity index (χ3v) is 21.7. The Labute approximate surface area is 629 Å². The van der Waals surface area contributed by atoms with Crippen LogP contribution in [0.25, 0.3) is 209 Å². The molecule has 0 aliphatic heterocycles. The maximum Gasteiger partial charge on any atom is 0.569 e. The van der Waals surface area contributed by atoms with Gasteiger partial charge >= 0.3 is 7.69 Å². The largest absolute Gasteiger partial charge is 0.569 e. The van der Waals surface area contributed by atoms with E-state index in [-0.39, 0.29) is 0 Å². The minimum atomic E-state index is 0.653. The van der Waals surface area contributed by atoms with Crippen molar-refractivity contribution in [3.05, 3.63) is 368 Å². The van der Waals surface area contributed by atoms with E-state index in [0.717, 1.165) is 149 Å². The van der Waals surface area contributed by atoms with E-state index in [1.807, 2.05) is 109 Å². The van der Waals surface area contributed by atoms with E-state index in [4.69, 9.17) is 22.3 Å². The van der Waals surface area contributed by atoms with Crippen LogP contribution in [0.3, 0.4) is 0 Å². The number of benzene rings is 18. The monoisotopic (exact) mass is 1450 g/mol. The van der Waals surface area contributed by atoms with Gasteiger partial charge in [0.2, 0.25) is 0 Å². The number of furan rings is 4. The molecule has 0 amide bonds. The van der Waals surface area contributed by atoms with Crippen molar-refractivity contribution in [2.24, 2.45) is 0 Å². The van der Waals surface area contributed by atoms with Crippen LogP contribution in [0.1, 0.15) is 0 Å². The Hall–Kier alpha value is -13.5. The molecule has 0 saturated carbocycles. The predicted molar refractivity (Wildman–Crippen MR) is 453 cm³/mol. The molecule has 4 heterocycles. The van der Waals surface area contributed by atoms with E-state index in [1.54, 1.807) is 0 Å². The first kappa shape index (κ1) is 64.1. The van der Waals surface area contributed by atoms with E-state index in [0.29, 0.717) is 5.75 Å². The van der Waals surface area contributed by atoms with E-state index in [9.17, 15) is 5.02 Å². The third-order valence-electron chi connectivity index (χ3n) is 21.2. The van der Waals surface area contributed by atoms with Crippen LogP contribution in [0.5, 0.6) is 5.75 Å². The second-order valence-corrected chi connectivity index (χ2v) is 28.2. The topological polar surface area (TPSA) is 82.0 Å². The average Bonchev–Trinajstić information content (AvgIpc) is 1.17. The number of halogens is 1. The van der Waals surface area contributed by atoms with E-state index < -0.39 is 0 Å². The van der Waals surface area contributed by atoms with Gasteiger partial charge in [-0.25, -0.2) is 0 Å². The Kier molecular flexibility index (Phi) is 16.0. The van der Waals surface area contributed by atoms with E-state index in [2.05, 4.69) is 271 Å². The summed E-state index contributed by atoms with van der Waals surface area (Å²) in [5.74, 6) is 0.653. The summed E-state index contributed by atoms with van der Waals surface area (Å²) >= 11 is 3.52. The zero-order valence-corrected chi connectivity index (χ0v) is 59.7. The Morgan fingerprint density at radius 2 is 0.500 bits per heavy atom. The number of fused-ring (bicyclic) bond motifs is 16. The molecular weight excluding hydrogens is 1390 g/mol. The van der Waals surface area contributed by atoms with Crippen LogP contribution in [0.2, 0.25) is 0 Å². The van der Waals surface area contributed by atoms with Gasteiger partial charge in [-0.3, -0.25) is 0 Å². The third kappa shape index (κ3) is 11.2. The molecule has 0 aliphatic carbocycles. The maximum atomic E-state index is 9.43. The lowest BCUT2D eigenvalue weighted by atomic mass is 9.85. The summed E-state index contributed by atoms with van der Waals surface area (Å²) in [6.07, 6.45) is 0. The number of para-hydroxylation sites is 6. The fourth-order valence-corrected chi connectivity index (χ4v) is 16.6. The van der Waals surface area contributed by atoms with Gasteiger partial charge in [-0.05, 0) is 166 Å². The predicted octanol–water partition coefficient (Wildman–Crippen LogP) is 28.6. The molecule has 22 rings (SSSR count). The van der Waals surface area contributed by atoms with Crippen LogP contribution in [-0.2, 0) is 0 Å². The van der Waals surface area contributed by atoms with Gasteiger partial charge in [0.15, 0.2) is 0 Å². The summed E-state index contributed by atoms with van der Waals surface area (Å²) in [6.45, 7) is 0. The second kappa shape index (κ2) is 26.9. The van der Waals surface area contributed by atoms with Crippen molar-refractivity contribution in [1.29, 1.82) is 0 Å². The SMILES string of the molecule is Brc1cccc(-c2ccc3oc4ccccc4c3c2)c1.O[B]Oc1c2ccccc2c(-c2ccc(-c3cccc4c3oc3ccccc34)cc2)c2ccccc12.c1cc(-c2ccc3oc4ccccc4c3c2)cc(-c2c3ccccc3c(-c3ccc(-c4cccc5c4oc4ccccc45)cc3)c3ccccc23)c1. The molecule has 1 N–H and O–H groups in total. The number of hydrogen-bond donors (Lipinski definition) is 1. The van der Waals surface area contributed by atoms with Gasteiger partial charge in [-0.2, -0.15) is 0 Å². The van der Waals surface area contributed by atoms with Gasteiger partial charge < -0.3 is 27.3 Å². The van der Waals surface area contributed by atoms with Crippen LogP contribution in [0, 0.1) is 0 Å². The molecule has 8 heteroatoms. The smallest absolute Gasteiger partial charge is 0.537 e. The summed E-state index contributed by atoms with van der Waals surface area (Å²) in [5.41, 5.74) is 23.7. The van der Waals surface area contributed by atoms with Crippen molar-refractivity contribution >= 4 is 154 Å². The first-order chi connectivity index (χ1) is 53.4. The maximum absolute atomic E-state index is 9.43. The summed E-state index contributed by atoms with van der Waals surface area (Å²) in [6, 6.07) is 127. The first-order valence-electron chi connectivity index (χ1n) is 36.1. The highest BCUT2D eigenvalue weighted by Crippen LogP contribution is 2.48. The van der Waals surface area contributed by atoms with Gasteiger partial charge in [0, 0.05) is 69.5 Å². The summed E-state index contributed by atoms with van der Waals surface area (Å²) in [7, 11) is 0.751. The molecule has 6 nitrogen and oxygen atoms in total. The van der Waals surface area contributed by atoms with Crippen molar-refractivity contribution in [1.82, 2.24) is 0 Å². The summed E-state index contributed by atoms with van der Waals surface area (Å²) < 4.78 is 31.3. The number of hydrogen-bond acceptors (Lipinski definition) is 6. The molecule has 108 heavy (non-hydrogen) atoms. The van der Waals surface area contributed by atoms with Crippen molar-refractivity contribution in [3.8, 4) is 83.6 Å². The molecule has 18 aromatic carbocycles. The summed E-state index contributed by atoms with van der Waals surface area (Å²) in [5, 5.41) is 27.6. The van der Waals surface area contributed by atoms with Crippen LogP contribution in [0.15, 0.2) is 386 Å². The lowest BCUT2D eigenvalue weighted by Gasteiger charge is -2.18. The van der Waals surface area contributed by atoms with E-state index >= 15 is 0 Å². The molecule has 0 aliphatic rings. The van der Waals surface area contributed by atoms with E-state index in [1.165, 1.54) is 71.4 Å². The van der Waals surface area contributed by atoms with Crippen LogP contribution in [0.4, 0.5) is 0 Å². The lowest BCUT2D eigenvalue weighted by Crippen LogP contribution is -2.02. The number of rotatable bonds is 9. The lowest BCUT2D eigenvalue weighted by molar-refractivity contribution is 0.459. The molecule has 1 radical (unpaired) electrons. The van der Waals surface area contributed by atoms with Crippen molar-refractivity contribution < 1.29 is 27.3 Å². The fourth-order valence-electron chi connectivity index (χ4n) is 16.2. The van der Waals surface area contributed by atoms with Gasteiger partial charge in [0.25, 0.3) is 0 Å². The van der Waals surface area contributed by atoms with Crippen molar-refractivity contribution in [2.45, 2.75) is 0 Å². The molecule has 0 atom stereocenters. The molecule has 0 bridgehead atoms. The molecule has 0 unspecified atom stereocenters. The summed E-state index contributed by atoms with van der Waals surface area (Å²) in [4.78, 5) is 0. The standard InChI is InChI=1S/C50H30O2.C32H20BO3.C18H11BrO/c1-3-17-41-39(15-1)48(32-25-23-31(24-26-32)36-19-10-20-43-37-13-5-8-22-46(37)52-50(36)43)40-16-2-4-18-42(40)49(41)35-12-9-11-33(29-35)34-27-28-47-44(30-34)38-14-6-7-21-45(38)51-47;34-33-36-32-27-11-3-1-9-24(27)30(25-10-2-4-12-28(25)32)21-18-16-20(17-19-21)22-13-7-14-26-23-8-5-6-15-29(23)35-31(22)26;19-14-5-3-4-12(10-14)13-8-9-18-16(11-13)15-6-1-2-7-17(15)20-18/h1-30H;1-19,34H;1-11H. The zero-order valence-electron chi connectivity index (χ0n) is 58.1. The minimum Gasteiger partial charge on any atom is -0.537 e. The van der Waals surface area contributed by atoms with Crippen LogP contribution in [-0.4, -0.2) is 12.7 Å². The Bertz CT molecular complexity index is 7170. The normalized spacial score (nSPS) is 11.6. The van der Waals surface area contributed by atoms with Gasteiger partial charge in [-0.15, -0.1) is 0 Å². The van der Waals surface area contributed by atoms with Crippen LogP contribution < -0.4 is 4.65 Å². The molecule has 22 aromatic rings. The molecule has 0 saturated heterocycles. The van der Waals surface area contributed by atoms with Gasteiger partial charge in [-0.1, -0.05) is 313 Å². The highest BCUT2D eigenvalue weighted by Gasteiger charge is 2.22. The second-order valence-electron chi connectivity index (χ2n) is 27.3. The van der Waals surface area contributed by atoms with Gasteiger partial charge in [0.1, 0.15) is 50.4 Å². The molecule has 0 spiro atoms. The molecular formula is C100H61BBrO6. The Morgan fingerprint density at radius 1 is 0.213 bits per heavy atom. The first-order valence-corrected chi connectivity index (χ1v) is 36.9. The molecule has 507 valence electrons. The minimum absolute atomic E-state index is 0.653. The average molecular weight is 1450 g/mol. The Morgan fingerprint density at radius 3 is 0.917 bits per heavy atom. The molecule has 0 fully saturated rings. The zero-order chi connectivity index (χ0) is 71.8. The van der Waals surface area contributed by atoms with Crippen LogP contribution >= 0.6 is 15.9 Å². The van der Waals surface area contributed by atoms with Crippen molar-refractivity contribution in [2.75, 3.05) is 0 Å². The quantitative estimate of drug-likeness (QED) is 0.115. The highest BCUT2D eigenvalue weighted by molar-refractivity contribution is 9.10. The molecule has 4 aromatic heterocycles. The fraction of sp³-hybridized carbons (Fsp3) is 0. The highest BCUT2D eigenvalue weighted by atomic mass is 79.9.